The lowest BCUT2D eigenvalue weighted by molar-refractivity contribution is 0.212. The molecule has 26 heavy (non-hydrogen) atoms. The zero-order valence-corrected chi connectivity index (χ0v) is 15.2. The van der Waals surface area contributed by atoms with E-state index in [-0.39, 0.29) is 11.6 Å². The van der Waals surface area contributed by atoms with Gasteiger partial charge in [0.2, 0.25) is 0 Å². The van der Waals surface area contributed by atoms with Crippen LogP contribution < -0.4 is 0 Å². The van der Waals surface area contributed by atoms with Crippen molar-refractivity contribution in [1.29, 1.82) is 21.2 Å². The number of likely N-dealkylation sites (N-methyl/N-ethyl adjacent to an activating group) is 1. The molecule has 1 fully saturated rings. The summed E-state index contributed by atoms with van der Waals surface area (Å²) in [6, 6.07) is 13.5. The smallest absolute Gasteiger partial charge is 0.189 e. The van der Waals surface area contributed by atoms with Crippen molar-refractivity contribution in [2.45, 2.75) is 12.8 Å². The van der Waals surface area contributed by atoms with Gasteiger partial charge in [-0.2, -0.15) is 15.8 Å². The Balaban J connectivity index is 2.24. The summed E-state index contributed by atoms with van der Waals surface area (Å²) in [5, 5.41) is 38.7. The number of fused-ring (bicyclic) bond motifs is 1. The van der Waals surface area contributed by atoms with Crippen molar-refractivity contribution in [3.8, 4) is 18.2 Å². The molecule has 1 unspecified atom stereocenters. The fourth-order valence-corrected chi connectivity index (χ4v) is 4.30. The van der Waals surface area contributed by atoms with Crippen LogP contribution >= 0.6 is 11.6 Å². The van der Waals surface area contributed by atoms with E-state index in [0.29, 0.717) is 18.1 Å². The van der Waals surface area contributed by atoms with E-state index >= 15 is 0 Å². The van der Waals surface area contributed by atoms with Crippen molar-refractivity contribution in [3.05, 3.63) is 46.5 Å². The summed E-state index contributed by atoms with van der Waals surface area (Å²) in [6.45, 7) is 4.28. The number of nitriles is 3. The van der Waals surface area contributed by atoms with Gasteiger partial charge in [0.05, 0.1) is 23.9 Å². The Morgan fingerprint density at radius 1 is 1.23 bits per heavy atom. The van der Waals surface area contributed by atoms with Crippen LogP contribution in [0.25, 0.3) is 0 Å². The van der Waals surface area contributed by atoms with Crippen LogP contribution in [0.2, 0.25) is 5.02 Å². The second kappa shape index (κ2) is 6.93. The molecule has 0 bridgehead atoms. The molecule has 3 atom stereocenters. The lowest BCUT2D eigenvalue weighted by Crippen LogP contribution is -2.52. The van der Waals surface area contributed by atoms with Crippen molar-refractivity contribution >= 4 is 17.3 Å². The highest BCUT2D eigenvalue weighted by Gasteiger charge is 2.57. The van der Waals surface area contributed by atoms with Crippen molar-refractivity contribution in [1.82, 2.24) is 4.90 Å². The molecule has 1 saturated carbocycles. The minimum Gasteiger partial charge on any atom is -0.305 e. The highest BCUT2D eigenvalue weighted by Crippen LogP contribution is 2.53. The molecule has 0 spiro atoms. The van der Waals surface area contributed by atoms with E-state index in [1.807, 2.05) is 18.2 Å². The molecule has 0 amide bonds. The number of hydrogen-bond donors (Lipinski definition) is 1. The molecular weight excluding hydrogens is 346 g/mol. The van der Waals surface area contributed by atoms with Crippen LogP contribution in [0.15, 0.2) is 35.9 Å². The maximum atomic E-state index is 9.94. The first-order chi connectivity index (χ1) is 12.5. The molecule has 130 valence electrons. The Kier molecular flexibility index (Phi) is 4.84. The molecule has 1 aliphatic carbocycles. The zero-order valence-electron chi connectivity index (χ0n) is 14.4. The first-order valence-electron chi connectivity index (χ1n) is 8.51. The SMILES string of the molecule is CCN1CC=C2C(C#N)C(=N)C(C#N)(C#N)[C@@H](c3ccc(Cl)cc3)[C@H]2C1. The lowest BCUT2D eigenvalue weighted by atomic mass is 9.54. The molecule has 1 N–H and O–H groups in total. The van der Waals surface area contributed by atoms with Crippen molar-refractivity contribution in [2.75, 3.05) is 19.6 Å². The fourth-order valence-electron chi connectivity index (χ4n) is 4.17. The van der Waals surface area contributed by atoms with E-state index < -0.39 is 17.3 Å². The molecule has 0 saturated heterocycles. The van der Waals surface area contributed by atoms with Gasteiger partial charge in [0.25, 0.3) is 0 Å². The van der Waals surface area contributed by atoms with E-state index in [1.54, 1.807) is 12.1 Å². The molecule has 0 radical (unpaired) electrons. The van der Waals surface area contributed by atoms with Gasteiger partial charge in [0, 0.05) is 29.9 Å². The van der Waals surface area contributed by atoms with Gasteiger partial charge in [-0.1, -0.05) is 36.7 Å². The Morgan fingerprint density at radius 2 is 1.88 bits per heavy atom. The molecule has 0 aromatic heterocycles. The number of benzene rings is 1. The van der Waals surface area contributed by atoms with Gasteiger partial charge in [-0.3, -0.25) is 4.90 Å². The molecule has 3 rings (SSSR count). The largest absolute Gasteiger partial charge is 0.305 e. The Morgan fingerprint density at radius 3 is 2.42 bits per heavy atom. The number of nitrogens with zero attached hydrogens (tertiary/aromatic N) is 4. The molecule has 6 heteroatoms. The molecule has 1 aromatic rings. The Hall–Kier alpha value is -2.65. The monoisotopic (exact) mass is 363 g/mol. The number of hydrogen-bond acceptors (Lipinski definition) is 5. The van der Waals surface area contributed by atoms with Crippen LogP contribution in [0.4, 0.5) is 0 Å². The predicted octanol–water partition coefficient (Wildman–Crippen LogP) is 3.51. The summed E-state index contributed by atoms with van der Waals surface area (Å²) in [7, 11) is 0. The summed E-state index contributed by atoms with van der Waals surface area (Å²) < 4.78 is 0. The highest BCUT2D eigenvalue weighted by molar-refractivity contribution is 6.30. The predicted molar refractivity (Wildman–Crippen MR) is 98.4 cm³/mol. The molecular formula is C20H18ClN5. The first kappa shape index (κ1) is 18.2. The van der Waals surface area contributed by atoms with Gasteiger partial charge in [0.15, 0.2) is 5.41 Å². The maximum Gasteiger partial charge on any atom is 0.189 e. The molecule has 5 nitrogen and oxygen atoms in total. The lowest BCUT2D eigenvalue weighted by Gasteiger charge is -2.47. The summed E-state index contributed by atoms with van der Waals surface area (Å²) in [4.78, 5) is 2.22. The van der Waals surface area contributed by atoms with Gasteiger partial charge in [0.1, 0.15) is 5.92 Å². The number of rotatable bonds is 2. The van der Waals surface area contributed by atoms with Crippen molar-refractivity contribution in [3.63, 3.8) is 0 Å². The molecule has 1 aromatic carbocycles. The molecule has 1 heterocycles. The first-order valence-corrected chi connectivity index (χ1v) is 8.89. The normalized spacial score (nSPS) is 27.4. The second-order valence-electron chi connectivity index (χ2n) is 6.70. The van der Waals surface area contributed by atoms with E-state index in [0.717, 1.165) is 17.7 Å². The van der Waals surface area contributed by atoms with Gasteiger partial charge >= 0.3 is 0 Å². The molecule has 2 aliphatic rings. The minimum absolute atomic E-state index is 0.114. The Bertz CT molecular complexity index is 867. The third-order valence-corrected chi connectivity index (χ3v) is 5.79. The van der Waals surface area contributed by atoms with Gasteiger partial charge in [-0.15, -0.1) is 0 Å². The number of nitrogens with one attached hydrogen (secondary N) is 1. The third kappa shape index (κ3) is 2.60. The van der Waals surface area contributed by atoms with Crippen LogP contribution in [0.1, 0.15) is 18.4 Å². The molecule has 1 aliphatic heterocycles. The quantitative estimate of drug-likeness (QED) is 0.812. The minimum atomic E-state index is -1.66. The van der Waals surface area contributed by atoms with E-state index in [1.165, 1.54) is 0 Å². The number of halogens is 1. The van der Waals surface area contributed by atoms with Crippen LogP contribution in [0.5, 0.6) is 0 Å². The highest BCUT2D eigenvalue weighted by atomic mass is 35.5. The van der Waals surface area contributed by atoms with Gasteiger partial charge < -0.3 is 5.41 Å². The maximum absolute atomic E-state index is 9.94. The summed E-state index contributed by atoms with van der Waals surface area (Å²) >= 11 is 6.01. The van der Waals surface area contributed by atoms with E-state index in [9.17, 15) is 15.8 Å². The van der Waals surface area contributed by atoms with Gasteiger partial charge in [-0.25, -0.2) is 0 Å². The van der Waals surface area contributed by atoms with Crippen LogP contribution in [-0.2, 0) is 0 Å². The van der Waals surface area contributed by atoms with E-state index in [2.05, 4.69) is 30.0 Å². The van der Waals surface area contributed by atoms with Gasteiger partial charge in [-0.05, 0) is 29.8 Å². The van der Waals surface area contributed by atoms with Crippen molar-refractivity contribution < 1.29 is 0 Å². The zero-order chi connectivity index (χ0) is 18.9. The van der Waals surface area contributed by atoms with Crippen LogP contribution in [0, 0.1) is 56.7 Å². The van der Waals surface area contributed by atoms with Crippen LogP contribution in [0.3, 0.4) is 0 Å². The average molecular weight is 364 g/mol. The van der Waals surface area contributed by atoms with Crippen molar-refractivity contribution in [2.24, 2.45) is 17.3 Å². The third-order valence-electron chi connectivity index (χ3n) is 5.54. The van der Waals surface area contributed by atoms with E-state index in [4.69, 9.17) is 17.0 Å². The fraction of sp³-hybridized carbons (Fsp3) is 0.400. The topological polar surface area (TPSA) is 98.5 Å². The summed E-state index contributed by atoms with van der Waals surface area (Å²) in [5.74, 6) is -1.49. The summed E-state index contributed by atoms with van der Waals surface area (Å²) in [6.07, 6.45) is 2.00. The average Bonchev–Trinajstić information content (AvgIpc) is 2.68. The second-order valence-corrected chi connectivity index (χ2v) is 7.14. The summed E-state index contributed by atoms with van der Waals surface area (Å²) in [5.41, 5.74) is -0.111. The van der Waals surface area contributed by atoms with Crippen LogP contribution in [-0.4, -0.2) is 30.2 Å². The standard InChI is InChI=1S/C20H18ClN5/c1-2-26-8-7-15-16(9-22)19(25)20(11-23,12-24)18(17(15)10-26)13-3-5-14(21)6-4-13/h3-7,16-18,25H,2,8,10H2,1H3/t16?,17-,18-/m0/s1. The Labute approximate surface area is 158 Å².